The number of hydrogen-bond donors (Lipinski definition) is 2. The number of amides is 1. The van der Waals surface area contributed by atoms with Crippen LogP contribution >= 0.6 is 0 Å². The Balaban J connectivity index is 1.25. The Kier molecular flexibility index (Phi) is 10.3. The van der Waals surface area contributed by atoms with Gasteiger partial charge < -0.3 is 10.1 Å². The maximum atomic E-state index is 12.2. The van der Waals surface area contributed by atoms with E-state index in [4.69, 9.17) is 4.74 Å². The number of nitrogens with one attached hydrogen (secondary N) is 2. The van der Waals surface area contributed by atoms with Crippen LogP contribution in [0, 0.1) is 6.92 Å². The molecular weight excluding hydrogens is 462 g/mol. The number of sulfonamides is 1. The first kappa shape index (κ1) is 26.4. The number of ether oxygens (including phenoxy) is 1. The predicted molar refractivity (Wildman–Crippen MR) is 137 cm³/mol. The topological polar surface area (TPSA) is 97.4 Å². The Hall–Kier alpha value is -3.23. The highest BCUT2D eigenvalue weighted by molar-refractivity contribution is 7.90. The van der Waals surface area contributed by atoms with Gasteiger partial charge in [0.1, 0.15) is 5.75 Å². The zero-order valence-electron chi connectivity index (χ0n) is 20.1. The van der Waals surface area contributed by atoms with Crippen molar-refractivity contribution in [3.63, 3.8) is 0 Å². The van der Waals surface area contributed by atoms with Gasteiger partial charge in [-0.3, -0.25) is 4.79 Å². The second-order valence-electron chi connectivity index (χ2n) is 8.39. The summed E-state index contributed by atoms with van der Waals surface area (Å²) in [5.41, 5.74) is 3.39. The van der Waals surface area contributed by atoms with Crippen LogP contribution in [0.2, 0.25) is 0 Å². The van der Waals surface area contributed by atoms with E-state index in [2.05, 4.69) is 51.4 Å². The minimum absolute atomic E-state index is 0.0708. The van der Waals surface area contributed by atoms with Crippen molar-refractivity contribution < 1.29 is 17.9 Å². The van der Waals surface area contributed by atoms with E-state index < -0.39 is 15.9 Å². The molecule has 0 saturated carbocycles. The molecule has 186 valence electrons. The van der Waals surface area contributed by atoms with Gasteiger partial charge in [-0.25, -0.2) is 9.71 Å². The number of pyridine rings is 1. The van der Waals surface area contributed by atoms with Crippen LogP contribution in [0.15, 0.2) is 78.0 Å². The standard InChI is InChI=1S/C27H33N3O4S/c1-22-11-16-27(29-21-22)35(32,33)30-26(31)17-19-28-18-5-9-24-12-14-25(15-13-24)34-20-6-10-23-7-3-2-4-8-23/h2-4,7-8,11-16,21,28H,5-6,9-10,17-20H2,1H3,(H,30,31). The molecule has 3 aromatic rings. The van der Waals surface area contributed by atoms with Crippen molar-refractivity contribution in [1.82, 2.24) is 15.0 Å². The molecule has 0 aliphatic rings. The van der Waals surface area contributed by atoms with Crippen molar-refractivity contribution in [3.8, 4) is 5.75 Å². The minimum atomic E-state index is -3.93. The molecule has 1 heterocycles. The lowest BCUT2D eigenvalue weighted by molar-refractivity contribution is -0.119. The molecule has 2 aromatic carbocycles. The van der Waals surface area contributed by atoms with Crippen molar-refractivity contribution in [2.24, 2.45) is 0 Å². The normalized spacial score (nSPS) is 11.2. The molecule has 0 aliphatic carbocycles. The number of carbonyl (C=O) groups is 1. The van der Waals surface area contributed by atoms with Crippen LogP contribution in [0.5, 0.6) is 5.75 Å². The first-order valence-corrected chi connectivity index (χ1v) is 13.4. The molecule has 0 unspecified atom stereocenters. The molecule has 8 heteroatoms. The second-order valence-corrected chi connectivity index (χ2v) is 10.0. The zero-order chi connectivity index (χ0) is 24.9. The van der Waals surface area contributed by atoms with E-state index in [9.17, 15) is 13.2 Å². The van der Waals surface area contributed by atoms with Gasteiger partial charge in [0.25, 0.3) is 10.0 Å². The van der Waals surface area contributed by atoms with E-state index in [1.54, 1.807) is 6.07 Å². The average Bonchev–Trinajstić information content (AvgIpc) is 2.85. The fourth-order valence-corrected chi connectivity index (χ4v) is 4.42. The molecule has 7 nitrogen and oxygen atoms in total. The fourth-order valence-electron chi connectivity index (χ4n) is 3.47. The Morgan fingerprint density at radius 2 is 1.60 bits per heavy atom. The maximum Gasteiger partial charge on any atom is 0.281 e. The first-order chi connectivity index (χ1) is 16.9. The van der Waals surface area contributed by atoms with Gasteiger partial charge in [0, 0.05) is 19.2 Å². The highest BCUT2D eigenvalue weighted by Crippen LogP contribution is 2.14. The van der Waals surface area contributed by atoms with Crippen molar-refractivity contribution in [3.05, 3.63) is 89.6 Å². The SMILES string of the molecule is Cc1ccc(S(=O)(=O)NC(=O)CCNCCCc2ccc(OCCCc3ccccc3)cc2)nc1. The predicted octanol–water partition coefficient (Wildman–Crippen LogP) is 3.82. The van der Waals surface area contributed by atoms with Crippen molar-refractivity contribution in [2.75, 3.05) is 19.7 Å². The average molecular weight is 496 g/mol. The molecular formula is C27H33N3O4S. The third-order valence-electron chi connectivity index (χ3n) is 5.40. The molecule has 0 saturated heterocycles. The molecule has 35 heavy (non-hydrogen) atoms. The van der Waals surface area contributed by atoms with E-state index in [0.717, 1.165) is 43.5 Å². The number of aromatic nitrogens is 1. The molecule has 0 aliphatic heterocycles. The van der Waals surface area contributed by atoms with E-state index in [1.165, 1.54) is 23.4 Å². The maximum absolute atomic E-state index is 12.2. The van der Waals surface area contributed by atoms with Gasteiger partial charge in [0.15, 0.2) is 5.03 Å². The van der Waals surface area contributed by atoms with Crippen molar-refractivity contribution >= 4 is 15.9 Å². The summed E-state index contributed by atoms with van der Waals surface area (Å²) in [7, 11) is -3.93. The van der Waals surface area contributed by atoms with Gasteiger partial charge in [-0.15, -0.1) is 0 Å². The quantitative estimate of drug-likeness (QED) is 0.330. The van der Waals surface area contributed by atoms with E-state index in [-0.39, 0.29) is 11.4 Å². The number of aryl methyl sites for hydroxylation is 3. The van der Waals surface area contributed by atoms with Crippen LogP contribution in [0.3, 0.4) is 0 Å². The molecule has 0 radical (unpaired) electrons. The molecule has 1 amide bonds. The molecule has 0 spiro atoms. The summed E-state index contributed by atoms with van der Waals surface area (Å²) in [5, 5.41) is 3.02. The Morgan fingerprint density at radius 1 is 0.886 bits per heavy atom. The van der Waals surface area contributed by atoms with Crippen LogP contribution in [0.1, 0.15) is 36.0 Å². The summed E-state index contributed by atoms with van der Waals surface area (Å²) in [5.74, 6) is 0.320. The van der Waals surface area contributed by atoms with Crippen LogP contribution < -0.4 is 14.8 Å². The van der Waals surface area contributed by atoms with Gasteiger partial charge in [-0.1, -0.05) is 48.5 Å². The van der Waals surface area contributed by atoms with Crippen molar-refractivity contribution in [1.29, 1.82) is 0 Å². The van der Waals surface area contributed by atoms with Crippen LogP contribution in [-0.4, -0.2) is 39.0 Å². The summed E-state index contributed by atoms with van der Waals surface area (Å²) in [6.07, 6.45) is 5.32. The van der Waals surface area contributed by atoms with Gasteiger partial charge in [0.2, 0.25) is 5.91 Å². The lowest BCUT2D eigenvalue weighted by atomic mass is 10.1. The van der Waals surface area contributed by atoms with E-state index in [0.29, 0.717) is 13.2 Å². The van der Waals surface area contributed by atoms with E-state index >= 15 is 0 Å². The third-order valence-corrected chi connectivity index (χ3v) is 6.69. The third kappa shape index (κ3) is 9.50. The summed E-state index contributed by atoms with van der Waals surface area (Å²) < 4.78 is 32.3. The van der Waals surface area contributed by atoms with Crippen LogP contribution in [0.25, 0.3) is 0 Å². The lowest BCUT2D eigenvalue weighted by Gasteiger charge is -2.09. The number of rotatable bonds is 14. The molecule has 2 N–H and O–H groups in total. The number of hydrogen-bond acceptors (Lipinski definition) is 6. The fraction of sp³-hybridized carbons (Fsp3) is 0.333. The minimum Gasteiger partial charge on any atom is -0.494 e. The lowest BCUT2D eigenvalue weighted by Crippen LogP contribution is -2.33. The highest BCUT2D eigenvalue weighted by Gasteiger charge is 2.18. The van der Waals surface area contributed by atoms with Gasteiger partial charge in [0.05, 0.1) is 6.61 Å². The van der Waals surface area contributed by atoms with E-state index in [1.807, 2.05) is 25.1 Å². The van der Waals surface area contributed by atoms with Gasteiger partial charge in [-0.05, 0) is 74.0 Å². The van der Waals surface area contributed by atoms with Gasteiger partial charge in [-0.2, -0.15) is 8.42 Å². The smallest absolute Gasteiger partial charge is 0.281 e. The molecule has 0 fully saturated rings. The largest absolute Gasteiger partial charge is 0.494 e. The Morgan fingerprint density at radius 3 is 2.31 bits per heavy atom. The summed E-state index contributed by atoms with van der Waals surface area (Å²) in [6.45, 7) is 3.64. The Bertz CT molecular complexity index is 1150. The zero-order valence-corrected chi connectivity index (χ0v) is 20.9. The molecule has 0 atom stereocenters. The Labute approximate surface area is 208 Å². The van der Waals surface area contributed by atoms with Crippen LogP contribution in [-0.2, 0) is 27.7 Å². The van der Waals surface area contributed by atoms with Crippen molar-refractivity contribution in [2.45, 2.75) is 44.1 Å². The molecule has 0 bridgehead atoms. The highest BCUT2D eigenvalue weighted by atomic mass is 32.2. The number of benzene rings is 2. The van der Waals surface area contributed by atoms with Crippen LogP contribution in [0.4, 0.5) is 0 Å². The summed E-state index contributed by atoms with van der Waals surface area (Å²) >= 11 is 0. The first-order valence-electron chi connectivity index (χ1n) is 11.9. The monoisotopic (exact) mass is 495 g/mol. The second kappa shape index (κ2) is 13.6. The molecule has 3 rings (SSSR count). The van der Waals surface area contributed by atoms with Gasteiger partial charge >= 0.3 is 0 Å². The summed E-state index contributed by atoms with van der Waals surface area (Å²) in [6, 6.07) is 21.6. The molecule has 1 aromatic heterocycles. The summed E-state index contributed by atoms with van der Waals surface area (Å²) in [4.78, 5) is 15.8. The number of nitrogens with zero attached hydrogens (tertiary/aromatic N) is 1. The number of carbonyl (C=O) groups excluding carboxylic acids is 1.